The highest BCUT2D eigenvalue weighted by atomic mass is 32.1. The molecule has 2 rings (SSSR count). The normalized spacial score (nSPS) is 15.4. The Bertz CT molecular complexity index is 495. The van der Waals surface area contributed by atoms with Gasteiger partial charge in [-0.15, -0.1) is 11.3 Å². The third-order valence-corrected chi connectivity index (χ3v) is 4.09. The number of amides is 1. The second-order valence-corrected chi connectivity index (χ2v) is 5.68. The number of rotatable bonds is 4. The van der Waals surface area contributed by atoms with Gasteiger partial charge in [0.1, 0.15) is 0 Å². The number of ether oxygens (including phenoxy) is 1. The standard InChI is InChI=1S/C15H19NO3S/c17-6-2-1-3-12-9-14(20-11-12)10-16-15(18)13-4-7-19-8-5-13/h9,11,13,17H,2,4-8,10H2,(H,16,18). The van der Waals surface area contributed by atoms with Crippen LogP contribution in [0.4, 0.5) is 0 Å². The minimum absolute atomic E-state index is 0.0884. The topological polar surface area (TPSA) is 58.6 Å². The number of nitrogens with one attached hydrogen (secondary N) is 1. The first kappa shape index (κ1) is 15.0. The molecule has 0 aromatic carbocycles. The van der Waals surface area contributed by atoms with Crippen molar-refractivity contribution in [2.75, 3.05) is 19.8 Å². The summed E-state index contributed by atoms with van der Waals surface area (Å²) < 4.78 is 5.25. The Kier molecular flexibility index (Phi) is 6.06. The second-order valence-electron chi connectivity index (χ2n) is 4.68. The molecule has 1 aliphatic heterocycles. The van der Waals surface area contributed by atoms with Gasteiger partial charge in [-0.3, -0.25) is 4.79 Å². The van der Waals surface area contributed by atoms with Crippen LogP contribution >= 0.6 is 11.3 Å². The van der Waals surface area contributed by atoms with E-state index in [0.29, 0.717) is 26.2 Å². The molecule has 1 saturated heterocycles. The summed E-state index contributed by atoms with van der Waals surface area (Å²) in [6.45, 7) is 2.01. The van der Waals surface area contributed by atoms with Crippen LogP contribution < -0.4 is 5.32 Å². The van der Waals surface area contributed by atoms with Crippen molar-refractivity contribution in [3.63, 3.8) is 0 Å². The van der Waals surface area contributed by atoms with Crippen molar-refractivity contribution in [2.45, 2.75) is 25.8 Å². The third-order valence-electron chi connectivity index (χ3n) is 3.15. The van der Waals surface area contributed by atoms with Gasteiger partial charge in [0.2, 0.25) is 5.91 Å². The van der Waals surface area contributed by atoms with Crippen molar-refractivity contribution >= 4 is 17.2 Å². The molecule has 1 aromatic rings. The van der Waals surface area contributed by atoms with Crippen molar-refractivity contribution in [1.29, 1.82) is 0 Å². The molecule has 2 heterocycles. The van der Waals surface area contributed by atoms with Gasteiger partial charge in [-0.1, -0.05) is 11.8 Å². The summed E-state index contributed by atoms with van der Waals surface area (Å²) in [5.74, 6) is 6.09. The van der Waals surface area contributed by atoms with E-state index in [9.17, 15) is 4.79 Å². The molecular weight excluding hydrogens is 274 g/mol. The van der Waals surface area contributed by atoms with E-state index in [1.165, 1.54) is 0 Å². The summed E-state index contributed by atoms with van der Waals surface area (Å²) in [4.78, 5) is 13.1. The number of carbonyl (C=O) groups is 1. The van der Waals surface area contributed by atoms with Crippen LogP contribution in [0.5, 0.6) is 0 Å². The van der Waals surface area contributed by atoms with E-state index in [-0.39, 0.29) is 18.4 Å². The molecule has 0 saturated carbocycles. The predicted molar refractivity (Wildman–Crippen MR) is 78.3 cm³/mol. The maximum atomic E-state index is 12.0. The monoisotopic (exact) mass is 293 g/mol. The van der Waals surface area contributed by atoms with E-state index in [1.54, 1.807) is 11.3 Å². The average molecular weight is 293 g/mol. The van der Waals surface area contributed by atoms with Crippen molar-refractivity contribution < 1.29 is 14.6 Å². The van der Waals surface area contributed by atoms with Crippen LogP contribution in [-0.4, -0.2) is 30.8 Å². The Labute approximate surface area is 123 Å². The molecule has 108 valence electrons. The first-order valence-electron chi connectivity index (χ1n) is 6.82. The summed E-state index contributed by atoms with van der Waals surface area (Å²) in [5.41, 5.74) is 0.943. The molecular formula is C15H19NO3S. The Hall–Kier alpha value is -1.35. The lowest BCUT2D eigenvalue weighted by Gasteiger charge is -2.20. The molecule has 4 nitrogen and oxygen atoms in total. The van der Waals surface area contributed by atoms with Crippen LogP contribution in [0.2, 0.25) is 0 Å². The quantitative estimate of drug-likeness (QED) is 0.828. The average Bonchev–Trinajstić information content (AvgIpc) is 2.94. The Balaban J connectivity index is 1.79. The van der Waals surface area contributed by atoms with Gasteiger partial charge in [-0.25, -0.2) is 0 Å². The van der Waals surface area contributed by atoms with Gasteiger partial charge in [-0.05, 0) is 18.9 Å². The zero-order valence-corrected chi connectivity index (χ0v) is 12.2. The molecule has 0 spiro atoms. The molecule has 2 N–H and O–H groups in total. The lowest BCUT2D eigenvalue weighted by molar-refractivity contribution is -0.128. The van der Waals surface area contributed by atoms with Crippen LogP contribution in [-0.2, 0) is 16.1 Å². The van der Waals surface area contributed by atoms with E-state index in [0.717, 1.165) is 23.3 Å². The molecule has 0 aliphatic carbocycles. The number of aliphatic hydroxyl groups excluding tert-OH is 1. The third kappa shape index (κ3) is 4.64. The summed E-state index contributed by atoms with van der Waals surface area (Å²) in [6, 6.07) is 1.99. The molecule has 1 aromatic heterocycles. The first-order valence-corrected chi connectivity index (χ1v) is 7.70. The molecule has 0 atom stereocenters. The van der Waals surface area contributed by atoms with Gasteiger partial charge in [0, 0.05) is 41.4 Å². The summed E-state index contributed by atoms with van der Waals surface area (Å²) in [5, 5.41) is 13.6. The van der Waals surface area contributed by atoms with E-state index in [1.807, 2.05) is 11.4 Å². The number of hydrogen-bond acceptors (Lipinski definition) is 4. The predicted octanol–water partition coefficient (Wildman–Crippen LogP) is 1.52. The molecule has 20 heavy (non-hydrogen) atoms. The summed E-state index contributed by atoms with van der Waals surface area (Å²) in [6.07, 6.45) is 2.12. The highest BCUT2D eigenvalue weighted by molar-refractivity contribution is 7.10. The fraction of sp³-hybridized carbons (Fsp3) is 0.533. The molecule has 1 fully saturated rings. The highest BCUT2D eigenvalue weighted by Crippen LogP contribution is 2.16. The van der Waals surface area contributed by atoms with Gasteiger partial charge < -0.3 is 15.2 Å². The highest BCUT2D eigenvalue weighted by Gasteiger charge is 2.21. The van der Waals surface area contributed by atoms with Gasteiger partial charge >= 0.3 is 0 Å². The van der Waals surface area contributed by atoms with Crippen molar-refractivity contribution in [1.82, 2.24) is 5.32 Å². The van der Waals surface area contributed by atoms with Gasteiger partial charge in [0.05, 0.1) is 13.2 Å². The molecule has 1 amide bonds. The maximum absolute atomic E-state index is 12.0. The molecule has 0 bridgehead atoms. The van der Waals surface area contributed by atoms with Gasteiger partial charge in [0.15, 0.2) is 0 Å². The molecule has 5 heteroatoms. The fourth-order valence-electron chi connectivity index (χ4n) is 2.04. The largest absolute Gasteiger partial charge is 0.395 e. The minimum Gasteiger partial charge on any atom is -0.395 e. The fourth-order valence-corrected chi connectivity index (χ4v) is 2.79. The zero-order valence-electron chi connectivity index (χ0n) is 11.4. The lowest BCUT2D eigenvalue weighted by atomic mass is 9.99. The van der Waals surface area contributed by atoms with E-state index in [4.69, 9.17) is 9.84 Å². The van der Waals surface area contributed by atoms with Gasteiger partial charge in [0.25, 0.3) is 0 Å². The molecule has 0 unspecified atom stereocenters. The molecule has 0 radical (unpaired) electrons. The van der Waals surface area contributed by atoms with E-state index < -0.39 is 0 Å². The smallest absolute Gasteiger partial charge is 0.223 e. The van der Waals surface area contributed by atoms with Crippen LogP contribution in [0.3, 0.4) is 0 Å². The van der Waals surface area contributed by atoms with Crippen LogP contribution in [0.15, 0.2) is 11.4 Å². The first-order chi connectivity index (χ1) is 9.79. The Morgan fingerprint density at radius 2 is 2.30 bits per heavy atom. The summed E-state index contributed by atoms with van der Waals surface area (Å²) in [7, 11) is 0. The van der Waals surface area contributed by atoms with E-state index in [2.05, 4.69) is 17.2 Å². The van der Waals surface area contributed by atoms with Gasteiger partial charge in [-0.2, -0.15) is 0 Å². The zero-order chi connectivity index (χ0) is 14.2. The SMILES string of the molecule is O=C(NCc1cc(C#CCCO)cs1)C1CCOCC1. The number of aliphatic hydroxyl groups is 1. The number of hydrogen-bond donors (Lipinski definition) is 2. The van der Waals surface area contributed by atoms with Crippen LogP contribution in [0, 0.1) is 17.8 Å². The van der Waals surface area contributed by atoms with Crippen LogP contribution in [0.1, 0.15) is 29.7 Å². The number of carbonyl (C=O) groups excluding carboxylic acids is 1. The van der Waals surface area contributed by atoms with Crippen molar-refractivity contribution in [2.24, 2.45) is 5.92 Å². The lowest BCUT2D eigenvalue weighted by Crippen LogP contribution is -2.33. The Morgan fingerprint density at radius 3 is 3.05 bits per heavy atom. The second kappa shape index (κ2) is 8.05. The Morgan fingerprint density at radius 1 is 1.50 bits per heavy atom. The minimum atomic E-state index is 0.0884. The van der Waals surface area contributed by atoms with Crippen molar-refractivity contribution in [3.8, 4) is 11.8 Å². The van der Waals surface area contributed by atoms with Crippen LogP contribution in [0.25, 0.3) is 0 Å². The number of thiophene rings is 1. The van der Waals surface area contributed by atoms with E-state index >= 15 is 0 Å². The molecule has 1 aliphatic rings. The van der Waals surface area contributed by atoms with Crippen molar-refractivity contribution in [3.05, 3.63) is 21.9 Å². The summed E-state index contributed by atoms with van der Waals surface area (Å²) >= 11 is 1.59. The maximum Gasteiger partial charge on any atom is 0.223 e.